The summed E-state index contributed by atoms with van der Waals surface area (Å²) in [6.45, 7) is 11.0. The molecule has 0 aliphatic carbocycles. The van der Waals surface area contributed by atoms with E-state index in [0.29, 0.717) is 12.8 Å². The highest BCUT2D eigenvalue weighted by Gasteiger charge is 2.47. The van der Waals surface area contributed by atoms with Gasteiger partial charge in [-0.05, 0) is 52.4 Å². The predicted molar refractivity (Wildman–Crippen MR) is 83.9 cm³/mol. The van der Waals surface area contributed by atoms with E-state index in [-0.39, 0.29) is 0 Å². The summed E-state index contributed by atoms with van der Waals surface area (Å²) in [6, 6.07) is 0. The molecule has 0 saturated carbocycles. The van der Waals surface area contributed by atoms with Gasteiger partial charge in [0.05, 0.1) is 12.2 Å². The fraction of sp³-hybridized carbons (Fsp3) is 0.765. The highest BCUT2D eigenvalue weighted by Crippen LogP contribution is 2.34. The second-order valence-electron chi connectivity index (χ2n) is 6.14. The first-order valence-corrected chi connectivity index (χ1v) is 7.85. The van der Waals surface area contributed by atoms with Gasteiger partial charge in [-0.1, -0.05) is 12.2 Å². The molecule has 4 heteroatoms. The van der Waals surface area contributed by atoms with Crippen LogP contribution in [-0.4, -0.2) is 40.4 Å². The van der Waals surface area contributed by atoms with Crippen LogP contribution in [0.4, 0.5) is 0 Å². The smallest absolute Gasteiger partial charge is 0.164 e. The van der Waals surface area contributed by atoms with Crippen molar-refractivity contribution in [3.8, 4) is 0 Å². The van der Waals surface area contributed by atoms with Crippen LogP contribution >= 0.6 is 0 Å². The Morgan fingerprint density at radius 3 is 1.67 bits per heavy atom. The zero-order chi connectivity index (χ0) is 15.9. The molecule has 1 fully saturated rings. The van der Waals surface area contributed by atoms with Crippen LogP contribution < -0.4 is 0 Å². The Balaban J connectivity index is 2.60. The first kappa shape index (κ1) is 18.4. The van der Waals surface area contributed by atoms with E-state index in [1.165, 1.54) is 0 Å². The van der Waals surface area contributed by atoms with Gasteiger partial charge in [0.2, 0.25) is 0 Å². The highest BCUT2D eigenvalue weighted by atomic mass is 16.8. The van der Waals surface area contributed by atoms with Crippen molar-refractivity contribution in [1.82, 2.24) is 0 Å². The standard InChI is InChI=1S/C17H30O4/c1-5-7-9-11-13(18)15-16(21-17(3,4)20-15)14(19)12-10-8-6-2/h5-6,13-16,18-19H,1-2,7-12H2,3-4H3/t13-,14-,15+,16+/m1/s1. The Bertz CT molecular complexity index is 297. The lowest BCUT2D eigenvalue weighted by Gasteiger charge is -2.25. The molecule has 21 heavy (non-hydrogen) atoms. The Morgan fingerprint density at radius 1 is 0.952 bits per heavy atom. The van der Waals surface area contributed by atoms with Crippen molar-refractivity contribution in [2.45, 2.75) is 82.6 Å². The first-order valence-electron chi connectivity index (χ1n) is 7.85. The zero-order valence-electron chi connectivity index (χ0n) is 13.3. The Labute approximate surface area is 128 Å². The maximum absolute atomic E-state index is 10.3. The third-order valence-electron chi connectivity index (χ3n) is 3.74. The number of allylic oxidation sites excluding steroid dienone is 2. The van der Waals surface area contributed by atoms with Crippen molar-refractivity contribution in [2.75, 3.05) is 0 Å². The van der Waals surface area contributed by atoms with Gasteiger partial charge < -0.3 is 19.7 Å². The molecule has 1 heterocycles. The van der Waals surface area contributed by atoms with Crippen molar-refractivity contribution >= 4 is 0 Å². The van der Waals surface area contributed by atoms with Crippen molar-refractivity contribution in [3.63, 3.8) is 0 Å². The molecule has 1 rings (SSSR count). The molecule has 1 saturated heterocycles. The normalized spacial score (nSPS) is 27.2. The minimum atomic E-state index is -0.770. The number of hydrogen-bond donors (Lipinski definition) is 2. The lowest BCUT2D eigenvalue weighted by Crippen LogP contribution is -2.42. The van der Waals surface area contributed by atoms with Crippen LogP contribution in [0.15, 0.2) is 25.3 Å². The summed E-state index contributed by atoms with van der Waals surface area (Å²) >= 11 is 0. The van der Waals surface area contributed by atoms with Crippen molar-refractivity contribution in [1.29, 1.82) is 0 Å². The van der Waals surface area contributed by atoms with E-state index < -0.39 is 30.2 Å². The van der Waals surface area contributed by atoms with Crippen LogP contribution in [-0.2, 0) is 9.47 Å². The van der Waals surface area contributed by atoms with Crippen LogP contribution in [0.5, 0.6) is 0 Å². The molecule has 0 bridgehead atoms. The number of aliphatic hydroxyl groups excluding tert-OH is 2. The molecule has 0 unspecified atom stereocenters. The van der Waals surface area contributed by atoms with Crippen molar-refractivity contribution in [2.24, 2.45) is 0 Å². The average Bonchev–Trinajstić information content (AvgIpc) is 2.75. The Kier molecular flexibility index (Phi) is 7.60. The molecule has 0 aromatic heterocycles. The molecule has 2 N–H and O–H groups in total. The SMILES string of the molecule is C=CCCC[C@@H](O)[C@@H]1OC(C)(C)O[C@H]1[C@H](O)CCCC=C. The minimum Gasteiger partial charge on any atom is -0.390 e. The van der Waals surface area contributed by atoms with E-state index in [4.69, 9.17) is 9.47 Å². The molecule has 0 aromatic carbocycles. The lowest BCUT2D eigenvalue weighted by atomic mass is 9.96. The summed E-state index contributed by atoms with van der Waals surface area (Å²) in [4.78, 5) is 0. The summed E-state index contributed by atoms with van der Waals surface area (Å²) in [5.41, 5.74) is 0. The molecular formula is C17H30O4. The van der Waals surface area contributed by atoms with E-state index in [9.17, 15) is 10.2 Å². The van der Waals surface area contributed by atoms with Crippen LogP contribution in [0.3, 0.4) is 0 Å². The van der Waals surface area contributed by atoms with E-state index in [0.717, 1.165) is 25.7 Å². The maximum Gasteiger partial charge on any atom is 0.164 e. The quantitative estimate of drug-likeness (QED) is 0.481. The summed E-state index contributed by atoms with van der Waals surface area (Å²) < 4.78 is 11.6. The minimum absolute atomic E-state index is 0.483. The Hall–Kier alpha value is -0.680. The molecule has 122 valence electrons. The summed E-state index contributed by atoms with van der Waals surface area (Å²) in [5.74, 6) is -0.770. The molecule has 4 atom stereocenters. The summed E-state index contributed by atoms with van der Waals surface area (Å²) in [5, 5.41) is 20.7. The molecule has 0 radical (unpaired) electrons. The van der Waals surface area contributed by atoms with E-state index >= 15 is 0 Å². The fourth-order valence-corrected chi connectivity index (χ4v) is 2.68. The zero-order valence-corrected chi connectivity index (χ0v) is 13.3. The van der Waals surface area contributed by atoms with Crippen molar-refractivity contribution < 1.29 is 19.7 Å². The second-order valence-corrected chi connectivity index (χ2v) is 6.14. The molecule has 0 spiro atoms. The van der Waals surface area contributed by atoms with Gasteiger partial charge in [0, 0.05) is 0 Å². The third kappa shape index (κ3) is 5.91. The average molecular weight is 298 g/mol. The monoisotopic (exact) mass is 298 g/mol. The lowest BCUT2D eigenvalue weighted by molar-refractivity contribution is -0.161. The molecule has 1 aliphatic rings. The topological polar surface area (TPSA) is 58.9 Å². The number of unbranched alkanes of at least 4 members (excludes halogenated alkanes) is 2. The van der Waals surface area contributed by atoms with E-state index in [1.807, 2.05) is 26.0 Å². The van der Waals surface area contributed by atoms with Crippen LogP contribution in [0.2, 0.25) is 0 Å². The van der Waals surface area contributed by atoms with Crippen molar-refractivity contribution in [3.05, 3.63) is 25.3 Å². The van der Waals surface area contributed by atoms with Gasteiger partial charge in [-0.2, -0.15) is 0 Å². The summed E-state index contributed by atoms with van der Waals surface area (Å²) in [7, 11) is 0. The van der Waals surface area contributed by atoms with Crippen LogP contribution in [0.1, 0.15) is 52.4 Å². The highest BCUT2D eigenvalue weighted by molar-refractivity contribution is 4.91. The van der Waals surface area contributed by atoms with Gasteiger partial charge in [0.1, 0.15) is 12.2 Å². The molecule has 4 nitrogen and oxygen atoms in total. The number of rotatable bonds is 10. The van der Waals surface area contributed by atoms with E-state index in [2.05, 4.69) is 13.2 Å². The first-order chi connectivity index (χ1) is 9.91. The van der Waals surface area contributed by atoms with Gasteiger partial charge in [0.15, 0.2) is 5.79 Å². The largest absolute Gasteiger partial charge is 0.390 e. The molecule has 0 amide bonds. The fourth-order valence-electron chi connectivity index (χ4n) is 2.68. The predicted octanol–water partition coefficient (Wildman–Crippen LogP) is 2.94. The number of hydrogen-bond acceptors (Lipinski definition) is 4. The van der Waals surface area contributed by atoms with Gasteiger partial charge in [-0.25, -0.2) is 0 Å². The maximum atomic E-state index is 10.3. The van der Waals surface area contributed by atoms with E-state index in [1.54, 1.807) is 0 Å². The van der Waals surface area contributed by atoms with Crippen LogP contribution in [0, 0.1) is 0 Å². The number of ether oxygens (including phenoxy) is 2. The number of aliphatic hydroxyl groups is 2. The Morgan fingerprint density at radius 2 is 1.33 bits per heavy atom. The van der Waals surface area contributed by atoms with Gasteiger partial charge in [0.25, 0.3) is 0 Å². The summed E-state index contributed by atoms with van der Waals surface area (Å²) in [6.07, 6.45) is 6.10. The second kappa shape index (κ2) is 8.69. The van der Waals surface area contributed by atoms with Gasteiger partial charge >= 0.3 is 0 Å². The van der Waals surface area contributed by atoms with Gasteiger partial charge in [-0.3, -0.25) is 0 Å². The third-order valence-corrected chi connectivity index (χ3v) is 3.74. The van der Waals surface area contributed by atoms with Crippen LogP contribution in [0.25, 0.3) is 0 Å². The van der Waals surface area contributed by atoms with Gasteiger partial charge in [-0.15, -0.1) is 13.2 Å². The molecular weight excluding hydrogens is 268 g/mol. The molecule has 0 aromatic rings. The molecule has 1 aliphatic heterocycles.